The van der Waals surface area contributed by atoms with Crippen molar-refractivity contribution in [1.29, 1.82) is 0 Å². The van der Waals surface area contributed by atoms with Gasteiger partial charge in [0, 0.05) is 23.3 Å². The Balaban J connectivity index is 2.29. The standard InChI is InChI=1S/C12H10BrN3O3/c13-9-2-10(16(17)18)4-11(3-9)19-12-1-8(5-14)6-15-7-12/h1-4,6-7H,5,14H2. The first-order chi connectivity index (χ1) is 9.08. The van der Waals surface area contributed by atoms with Crippen LogP contribution in [-0.4, -0.2) is 9.91 Å². The van der Waals surface area contributed by atoms with Gasteiger partial charge in [-0.2, -0.15) is 0 Å². The summed E-state index contributed by atoms with van der Waals surface area (Å²) in [5, 5.41) is 10.8. The lowest BCUT2D eigenvalue weighted by molar-refractivity contribution is -0.385. The number of nitrogens with two attached hydrogens (primary N) is 1. The van der Waals surface area contributed by atoms with Crippen LogP contribution in [0.1, 0.15) is 5.56 Å². The number of halogens is 1. The van der Waals surface area contributed by atoms with Gasteiger partial charge in [0.2, 0.25) is 0 Å². The maximum Gasteiger partial charge on any atom is 0.274 e. The summed E-state index contributed by atoms with van der Waals surface area (Å²) in [4.78, 5) is 14.3. The second kappa shape index (κ2) is 5.77. The predicted molar refractivity (Wildman–Crippen MR) is 73.0 cm³/mol. The maximum atomic E-state index is 10.8. The summed E-state index contributed by atoms with van der Waals surface area (Å²) in [5.74, 6) is 0.840. The summed E-state index contributed by atoms with van der Waals surface area (Å²) < 4.78 is 6.11. The molecule has 0 spiro atoms. The van der Waals surface area contributed by atoms with Crippen molar-refractivity contribution in [2.24, 2.45) is 5.73 Å². The van der Waals surface area contributed by atoms with E-state index in [2.05, 4.69) is 20.9 Å². The Labute approximate surface area is 117 Å². The highest BCUT2D eigenvalue weighted by atomic mass is 79.9. The Morgan fingerprint density at radius 1 is 1.26 bits per heavy atom. The molecule has 1 aromatic carbocycles. The van der Waals surface area contributed by atoms with E-state index in [1.54, 1.807) is 18.3 Å². The van der Waals surface area contributed by atoms with Crippen LogP contribution in [-0.2, 0) is 6.54 Å². The van der Waals surface area contributed by atoms with E-state index in [0.29, 0.717) is 22.5 Å². The molecule has 2 aromatic rings. The minimum atomic E-state index is -0.480. The third-order valence-electron chi connectivity index (χ3n) is 2.31. The minimum Gasteiger partial charge on any atom is -0.455 e. The number of hydrogen-bond acceptors (Lipinski definition) is 5. The van der Waals surface area contributed by atoms with E-state index in [9.17, 15) is 10.1 Å². The summed E-state index contributed by atoms with van der Waals surface area (Å²) in [6, 6.07) is 6.13. The summed E-state index contributed by atoms with van der Waals surface area (Å²) in [6.45, 7) is 0.350. The molecule has 0 saturated carbocycles. The molecule has 6 nitrogen and oxygen atoms in total. The molecule has 0 saturated heterocycles. The topological polar surface area (TPSA) is 91.3 Å². The highest BCUT2D eigenvalue weighted by molar-refractivity contribution is 9.10. The van der Waals surface area contributed by atoms with Crippen molar-refractivity contribution in [2.45, 2.75) is 6.54 Å². The number of aromatic nitrogens is 1. The molecule has 1 heterocycles. The van der Waals surface area contributed by atoms with E-state index < -0.39 is 4.92 Å². The second-order valence-electron chi connectivity index (χ2n) is 3.74. The number of pyridine rings is 1. The van der Waals surface area contributed by atoms with Crippen molar-refractivity contribution in [3.63, 3.8) is 0 Å². The van der Waals surface area contributed by atoms with Crippen molar-refractivity contribution in [2.75, 3.05) is 0 Å². The molecule has 0 fully saturated rings. The summed E-state index contributed by atoms with van der Waals surface area (Å²) in [5.41, 5.74) is 6.28. The van der Waals surface area contributed by atoms with E-state index in [4.69, 9.17) is 10.5 Å². The fourth-order valence-electron chi connectivity index (χ4n) is 1.48. The van der Waals surface area contributed by atoms with Gasteiger partial charge in [-0.3, -0.25) is 15.1 Å². The van der Waals surface area contributed by atoms with E-state index >= 15 is 0 Å². The molecule has 2 N–H and O–H groups in total. The molecule has 19 heavy (non-hydrogen) atoms. The molecular weight excluding hydrogens is 314 g/mol. The van der Waals surface area contributed by atoms with Crippen LogP contribution in [0.4, 0.5) is 5.69 Å². The number of non-ortho nitro benzene ring substituents is 1. The number of rotatable bonds is 4. The highest BCUT2D eigenvalue weighted by Crippen LogP contribution is 2.29. The number of benzene rings is 1. The van der Waals surface area contributed by atoms with E-state index in [1.807, 2.05) is 0 Å². The molecule has 2 rings (SSSR count). The SMILES string of the molecule is NCc1cncc(Oc2cc(Br)cc([N+](=O)[O-])c2)c1. The van der Waals surface area contributed by atoms with Gasteiger partial charge in [-0.15, -0.1) is 0 Å². The van der Waals surface area contributed by atoms with Crippen molar-refractivity contribution < 1.29 is 9.66 Å². The van der Waals surface area contributed by atoms with Gasteiger partial charge >= 0.3 is 0 Å². The molecule has 0 amide bonds. The molecule has 0 radical (unpaired) electrons. The molecule has 0 aliphatic heterocycles. The fraction of sp³-hybridized carbons (Fsp3) is 0.0833. The monoisotopic (exact) mass is 323 g/mol. The van der Waals surface area contributed by atoms with Crippen LogP contribution < -0.4 is 10.5 Å². The van der Waals surface area contributed by atoms with Gasteiger partial charge in [-0.05, 0) is 17.7 Å². The van der Waals surface area contributed by atoms with Crippen LogP contribution in [0.3, 0.4) is 0 Å². The molecule has 0 aliphatic rings. The predicted octanol–water partition coefficient (Wildman–Crippen LogP) is 3.00. The number of nitro groups is 1. The second-order valence-corrected chi connectivity index (χ2v) is 4.65. The van der Waals surface area contributed by atoms with Gasteiger partial charge in [-0.1, -0.05) is 15.9 Å². The lowest BCUT2D eigenvalue weighted by atomic mass is 10.3. The zero-order chi connectivity index (χ0) is 13.8. The first kappa shape index (κ1) is 13.4. The molecule has 7 heteroatoms. The summed E-state index contributed by atoms with van der Waals surface area (Å²) in [6.07, 6.45) is 3.15. The van der Waals surface area contributed by atoms with Crippen LogP contribution in [0.2, 0.25) is 0 Å². The average Bonchev–Trinajstić information content (AvgIpc) is 2.38. The van der Waals surface area contributed by atoms with Gasteiger partial charge in [-0.25, -0.2) is 0 Å². The summed E-state index contributed by atoms with van der Waals surface area (Å²) >= 11 is 3.20. The first-order valence-corrected chi connectivity index (χ1v) is 6.14. The smallest absolute Gasteiger partial charge is 0.274 e. The van der Waals surface area contributed by atoms with Crippen LogP contribution in [0, 0.1) is 10.1 Å². The lowest BCUT2D eigenvalue weighted by Crippen LogP contribution is -1.97. The van der Waals surface area contributed by atoms with Gasteiger partial charge in [0.15, 0.2) is 0 Å². The number of nitrogens with zero attached hydrogens (tertiary/aromatic N) is 2. The van der Waals surface area contributed by atoms with Gasteiger partial charge in [0.25, 0.3) is 5.69 Å². The Morgan fingerprint density at radius 3 is 2.74 bits per heavy atom. The fourth-order valence-corrected chi connectivity index (χ4v) is 1.94. The lowest BCUT2D eigenvalue weighted by Gasteiger charge is -2.07. The molecule has 0 unspecified atom stereocenters. The Kier molecular flexibility index (Phi) is 4.08. The van der Waals surface area contributed by atoms with Crippen LogP contribution in [0.25, 0.3) is 0 Å². The number of hydrogen-bond donors (Lipinski definition) is 1. The zero-order valence-electron chi connectivity index (χ0n) is 9.75. The minimum absolute atomic E-state index is 0.0488. The maximum absolute atomic E-state index is 10.8. The van der Waals surface area contributed by atoms with Crippen molar-refractivity contribution in [3.8, 4) is 11.5 Å². The zero-order valence-corrected chi connectivity index (χ0v) is 11.3. The molecule has 1 aromatic heterocycles. The summed E-state index contributed by atoms with van der Waals surface area (Å²) in [7, 11) is 0. The Bertz CT molecular complexity index is 619. The van der Waals surface area contributed by atoms with Crippen molar-refractivity contribution in [1.82, 2.24) is 4.98 Å². The molecule has 0 aliphatic carbocycles. The van der Waals surface area contributed by atoms with E-state index in [-0.39, 0.29) is 5.69 Å². The molecule has 0 atom stereocenters. The van der Waals surface area contributed by atoms with E-state index in [1.165, 1.54) is 18.3 Å². The third-order valence-corrected chi connectivity index (χ3v) is 2.77. The largest absolute Gasteiger partial charge is 0.455 e. The molecule has 0 bridgehead atoms. The Morgan fingerprint density at radius 2 is 2.05 bits per heavy atom. The van der Waals surface area contributed by atoms with Gasteiger partial charge < -0.3 is 10.5 Å². The van der Waals surface area contributed by atoms with E-state index in [0.717, 1.165) is 5.56 Å². The number of nitro benzene ring substituents is 1. The van der Waals surface area contributed by atoms with Crippen molar-refractivity contribution >= 4 is 21.6 Å². The first-order valence-electron chi connectivity index (χ1n) is 5.35. The average molecular weight is 324 g/mol. The van der Waals surface area contributed by atoms with Crippen LogP contribution in [0.5, 0.6) is 11.5 Å². The van der Waals surface area contributed by atoms with Crippen LogP contribution >= 0.6 is 15.9 Å². The molecular formula is C12H10BrN3O3. The Hall–Kier alpha value is -1.99. The van der Waals surface area contributed by atoms with Gasteiger partial charge in [0.1, 0.15) is 11.5 Å². The third kappa shape index (κ3) is 3.49. The normalized spacial score (nSPS) is 10.2. The van der Waals surface area contributed by atoms with Gasteiger partial charge in [0.05, 0.1) is 17.2 Å². The molecule has 98 valence electrons. The van der Waals surface area contributed by atoms with Crippen LogP contribution in [0.15, 0.2) is 41.1 Å². The number of ether oxygens (including phenoxy) is 1. The highest BCUT2D eigenvalue weighted by Gasteiger charge is 2.10. The van der Waals surface area contributed by atoms with Crippen molar-refractivity contribution in [3.05, 3.63) is 56.8 Å². The quantitative estimate of drug-likeness (QED) is 0.689.